The predicted octanol–water partition coefficient (Wildman–Crippen LogP) is 2.59. The highest BCUT2D eigenvalue weighted by molar-refractivity contribution is 6.35. The second-order valence-electron chi connectivity index (χ2n) is 5.16. The van der Waals surface area contributed by atoms with Gasteiger partial charge in [-0.1, -0.05) is 23.2 Å². The summed E-state index contributed by atoms with van der Waals surface area (Å²) in [6.45, 7) is 1.63. The lowest BCUT2D eigenvalue weighted by molar-refractivity contribution is -0.123. The maximum absolute atomic E-state index is 13.6. The first-order valence-electron chi connectivity index (χ1n) is 6.22. The van der Waals surface area contributed by atoms with Gasteiger partial charge in [-0.15, -0.1) is 0 Å². The second kappa shape index (κ2) is 4.60. The van der Waals surface area contributed by atoms with Gasteiger partial charge in [-0.3, -0.25) is 10.1 Å². The molecule has 1 saturated heterocycles. The molecule has 1 aliphatic carbocycles. The fraction of sp³-hybridized carbons (Fsp3) is 0.385. The Kier molecular flexibility index (Phi) is 3.14. The topological polar surface area (TPSA) is 53.5 Å². The van der Waals surface area contributed by atoms with Crippen LogP contribution in [0.5, 0.6) is 0 Å². The average Bonchev–Trinajstić information content (AvgIpc) is 3.12. The van der Waals surface area contributed by atoms with Crippen LogP contribution in [0, 0.1) is 5.82 Å². The van der Waals surface area contributed by atoms with Gasteiger partial charge < -0.3 is 5.32 Å². The van der Waals surface area contributed by atoms with Crippen LogP contribution in [0.1, 0.15) is 25.3 Å². The number of benzene rings is 1. The highest BCUT2D eigenvalue weighted by Gasteiger charge is 2.44. The number of hydrogen-bond donors (Lipinski definition) is 2. The molecule has 2 N–H and O–H groups in total. The van der Waals surface area contributed by atoms with Gasteiger partial charge in [-0.2, -0.15) is 0 Å². The van der Waals surface area contributed by atoms with Crippen LogP contribution in [0.4, 0.5) is 4.39 Å². The van der Waals surface area contributed by atoms with E-state index >= 15 is 0 Å². The van der Waals surface area contributed by atoms with Crippen molar-refractivity contribution in [2.45, 2.75) is 31.3 Å². The van der Waals surface area contributed by atoms with E-state index in [1.54, 1.807) is 6.92 Å². The summed E-state index contributed by atoms with van der Waals surface area (Å²) in [4.78, 5) is 16.5. The highest BCUT2D eigenvalue weighted by Crippen LogP contribution is 2.34. The summed E-state index contributed by atoms with van der Waals surface area (Å²) in [6.07, 6.45) is 2.04. The summed E-state index contributed by atoms with van der Waals surface area (Å²) in [5.74, 6) is -0.526. The Morgan fingerprint density at radius 2 is 2.05 bits per heavy atom. The van der Waals surface area contributed by atoms with Crippen molar-refractivity contribution in [1.29, 1.82) is 0 Å². The van der Waals surface area contributed by atoms with Crippen molar-refractivity contribution in [3.8, 4) is 0 Å². The molecule has 106 valence electrons. The summed E-state index contributed by atoms with van der Waals surface area (Å²) in [6, 6.07) is 2.74. The Bertz CT molecular complexity index is 630. The van der Waals surface area contributed by atoms with E-state index in [0.717, 1.165) is 12.8 Å². The molecule has 0 bridgehead atoms. The Balaban J connectivity index is 1.99. The molecular weight excluding hydrogens is 304 g/mol. The third kappa shape index (κ3) is 2.25. The molecule has 0 radical (unpaired) electrons. The summed E-state index contributed by atoms with van der Waals surface area (Å²) in [5, 5.41) is 5.80. The van der Waals surface area contributed by atoms with E-state index in [-0.39, 0.29) is 22.0 Å². The van der Waals surface area contributed by atoms with Gasteiger partial charge in [0.15, 0.2) is 5.96 Å². The molecule has 1 unspecified atom stereocenters. The lowest BCUT2D eigenvalue weighted by Crippen LogP contribution is -2.41. The summed E-state index contributed by atoms with van der Waals surface area (Å²) in [7, 11) is 0. The van der Waals surface area contributed by atoms with Crippen molar-refractivity contribution in [3.63, 3.8) is 0 Å². The van der Waals surface area contributed by atoms with Crippen LogP contribution in [-0.2, 0) is 10.3 Å². The highest BCUT2D eigenvalue weighted by atomic mass is 35.5. The normalized spacial score (nSPS) is 27.6. The molecule has 0 aromatic heterocycles. The molecule has 1 saturated carbocycles. The summed E-state index contributed by atoms with van der Waals surface area (Å²) < 4.78 is 13.6. The first-order valence-corrected chi connectivity index (χ1v) is 6.98. The number of hydrogen-bond acceptors (Lipinski definition) is 2. The molecule has 4 nitrogen and oxygen atoms in total. The van der Waals surface area contributed by atoms with Gasteiger partial charge in [0.05, 0.1) is 11.1 Å². The SMILES string of the molecule is CC1(c2cc(F)c(Cl)cc2Cl)NC(=NC2CC2)NC1=O. The van der Waals surface area contributed by atoms with Crippen LogP contribution < -0.4 is 10.6 Å². The van der Waals surface area contributed by atoms with E-state index in [2.05, 4.69) is 15.6 Å². The van der Waals surface area contributed by atoms with Crippen molar-refractivity contribution in [2.75, 3.05) is 0 Å². The number of halogens is 3. The van der Waals surface area contributed by atoms with Crippen LogP contribution in [0.3, 0.4) is 0 Å². The van der Waals surface area contributed by atoms with Crippen LogP contribution >= 0.6 is 23.2 Å². The first-order chi connectivity index (χ1) is 9.40. The average molecular weight is 316 g/mol. The van der Waals surface area contributed by atoms with Gasteiger partial charge in [0.1, 0.15) is 11.4 Å². The Morgan fingerprint density at radius 1 is 1.35 bits per heavy atom. The Labute approximate surface area is 125 Å². The molecule has 1 aromatic carbocycles. The number of amides is 1. The Hall–Kier alpha value is -1.33. The number of nitrogens with zero attached hydrogens (tertiary/aromatic N) is 1. The minimum atomic E-state index is -1.16. The zero-order chi connectivity index (χ0) is 14.5. The van der Waals surface area contributed by atoms with Crippen LogP contribution in [0.25, 0.3) is 0 Å². The number of carbonyl (C=O) groups is 1. The number of aliphatic imine (C=N–C) groups is 1. The molecule has 20 heavy (non-hydrogen) atoms. The van der Waals surface area contributed by atoms with Crippen molar-refractivity contribution < 1.29 is 9.18 Å². The third-order valence-corrected chi connectivity index (χ3v) is 4.06. The molecule has 7 heteroatoms. The van der Waals surface area contributed by atoms with Gasteiger partial charge in [0.2, 0.25) is 0 Å². The van der Waals surface area contributed by atoms with Gasteiger partial charge in [-0.25, -0.2) is 9.38 Å². The van der Waals surface area contributed by atoms with Crippen molar-refractivity contribution in [1.82, 2.24) is 10.6 Å². The Morgan fingerprint density at radius 3 is 2.70 bits per heavy atom. The molecule has 2 fully saturated rings. The van der Waals surface area contributed by atoms with Crippen molar-refractivity contribution >= 4 is 35.1 Å². The maximum Gasteiger partial charge on any atom is 0.256 e. The monoisotopic (exact) mass is 315 g/mol. The standard InChI is InChI=1S/C13H12Cl2FN3O/c1-13(7-4-10(16)9(15)5-8(7)14)11(20)18-12(19-13)17-6-2-3-6/h4-6H,2-3H2,1H3,(H2,17,18,19,20). The summed E-state index contributed by atoms with van der Waals surface area (Å²) >= 11 is 11.8. The summed E-state index contributed by atoms with van der Waals surface area (Å²) in [5.41, 5.74) is -0.824. The quantitative estimate of drug-likeness (QED) is 0.824. The molecule has 1 amide bonds. The van der Waals surface area contributed by atoms with E-state index in [4.69, 9.17) is 23.2 Å². The number of guanidine groups is 1. The number of rotatable bonds is 2. The van der Waals surface area contributed by atoms with Gasteiger partial charge in [0.25, 0.3) is 5.91 Å². The molecule has 1 aromatic rings. The minimum absolute atomic E-state index is 0.0763. The van der Waals surface area contributed by atoms with E-state index in [9.17, 15) is 9.18 Å². The molecule has 0 spiro atoms. The fourth-order valence-corrected chi connectivity index (χ4v) is 2.68. The zero-order valence-corrected chi connectivity index (χ0v) is 12.1. The van der Waals surface area contributed by atoms with E-state index < -0.39 is 11.4 Å². The number of nitrogens with one attached hydrogen (secondary N) is 2. The minimum Gasteiger partial charge on any atom is -0.338 e. The lowest BCUT2D eigenvalue weighted by atomic mass is 9.92. The van der Waals surface area contributed by atoms with Crippen molar-refractivity contribution in [3.05, 3.63) is 33.6 Å². The first kappa shape index (κ1) is 13.6. The molecule has 1 aliphatic heterocycles. The smallest absolute Gasteiger partial charge is 0.256 e. The molecule has 3 rings (SSSR count). The predicted molar refractivity (Wildman–Crippen MR) is 75.5 cm³/mol. The van der Waals surface area contributed by atoms with Crippen LogP contribution in [0.15, 0.2) is 17.1 Å². The molecule has 2 aliphatic rings. The third-order valence-electron chi connectivity index (χ3n) is 3.46. The van der Waals surface area contributed by atoms with Crippen LogP contribution in [-0.4, -0.2) is 17.9 Å². The molecule has 1 atom stereocenters. The number of carbonyl (C=O) groups excluding carboxylic acids is 1. The maximum atomic E-state index is 13.6. The van der Waals surface area contributed by atoms with Crippen molar-refractivity contribution in [2.24, 2.45) is 4.99 Å². The molecule has 1 heterocycles. The lowest BCUT2D eigenvalue weighted by Gasteiger charge is -2.23. The van der Waals surface area contributed by atoms with E-state index in [1.165, 1.54) is 12.1 Å². The van der Waals surface area contributed by atoms with Gasteiger partial charge in [0, 0.05) is 10.6 Å². The van der Waals surface area contributed by atoms with Crippen LogP contribution in [0.2, 0.25) is 10.0 Å². The zero-order valence-electron chi connectivity index (χ0n) is 10.6. The molecular formula is C13H12Cl2FN3O. The van der Waals surface area contributed by atoms with Gasteiger partial charge >= 0.3 is 0 Å². The van der Waals surface area contributed by atoms with E-state index in [0.29, 0.717) is 11.5 Å². The van der Waals surface area contributed by atoms with E-state index in [1.807, 2.05) is 0 Å². The second-order valence-corrected chi connectivity index (χ2v) is 5.97. The largest absolute Gasteiger partial charge is 0.338 e. The fourth-order valence-electron chi connectivity index (χ4n) is 2.10. The van der Waals surface area contributed by atoms with Gasteiger partial charge in [-0.05, 0) is 31.9 Å².